The average molecular weight is 276 g/mol. The van der Waals surface area contributed by atoms with E-state index in [1.165, 1.54) is 7.11 Å². The molecule has 2 amide bonds. The normalized spacial score (nSPS) is 10.7. The molecule has 0 aliphatic heterocycles. The van der Waals surface area contributed by atoms with Crippen LogP contribution in [0.2, 0.25) is 0 Å². The van der Waals surface area contributed by atoms with Crippen molar-refractivity contribution in [3.8, 4) is 0 Å². The molecule has 0 aliphatic rings. The molecule has 1 heterocycles. The van der Waals surface area contributed by atoms with E-state index >= 15 is 0 Å². The highest BCUT2D eigenvalue weighted by atomic mass is 16.5. The summed E-state index contributed by atoms with van der Waals surface area (Å²) in [5, 5.41) is 2.68. The van der Waals surface area contributed by atoms with Crippen LogP contribution < -0.4 is 11.1 Å². The summed E-state index contributed by atoms with van der Waals surface area (Å²) in [5.74, 6) is -0.128. The number of hydrogen-bond donors (Lipinski definition) is 2. The number of aromatic nitrogens is 2. The molecular formula is C13H16N4O3. The summed E-state index contributed by atoms with van der Waals surface area (Å²) in [6, 6.07) is 7.41. The molecule has 3 N–H and O–H groups in total. The van der Waals surface area contributed by atoms with Crippen molar-refractivity contribution in [3.05, 3.63) is 30.1 Å². The molecule has 1 aromatic carbocycles. The second kappa shape index (κ2) is 6.16. The molecule has 0 saturated heterocycles. The van der Waals surface area contributed by atoms with Crippen molar-refractivity contribution < 1.29 is 14.3 Å². The number of primary amides is 1. The van der Waals surface area contributed by atoms with E-state index in [0.29, 0.717) is 5.82 Å². The van der Waals surface area contributed by atoms with Gasteiger partial charge in [-0.2, -0.15) is 0 Å². The topological polar surface area (TPSA) is 99.2 Å². The number of imidazole rings is 1. The van der Waals surface area contributed by atoms with Crippen LogP contribution in [-0.4, -0.2) is 35.1 Å². The van der Waals surface area contributed by atoms with Crippen LogP contribution >= 0.6 is 0 Å². The molecule has 0 spiro atoms. The lowest BCUT2D eigenvalue weighted by Crippen LogP contribution is -2.29. The van der Waals surface area contributed by atoms with Gasteiger partial charge in [-0.05, 0) is 12.1 Å². The molecule has 0 radical (unpaired) electrons. The summed E-state index contributed by atoms with van der Waals surface area (Å²) in [6.45, 7) is 0.218. The molecule has 0 fully saturated rings. The zero-order valence-electron chi connectivity index (χ0n) is 11.1. The maximum Gasteiger partial charge on any atom is 0.246 e. The van der Waals surface area contributed by atoms with Gasteiger partial charge in [0.25, 0.3) is 0 Å². The number of carbonyl (C=O) groups excluding carboxylic acids is 2. The number of fused-ring (bicyclic) bond motifs is 1. The number of nitrogens with two attached hydrogens (primary N) is 1. The minimum Gasteiger partial charge on any atom is -0.375 e. The monoisotopic (exact) mass is 276 g/mol. The van der Waals surface area contributed by atoms with Crippen molar-refractivity contribution in [1.82, 2.24) is 14.9 Å². The van der Waals surface area contributed by atoms with Crippen LogP contribution in [0.25, 0.3) is 11.0 Å². The lowest BCUT2D eigenvalue weighted by Gasteiger charge is -2.08. The van der Waals surface area contributed by atoms with Crippen molar-refractivity contribution >= 4 is 22.8 Å². The van der Waals surface area contributed by atoms with Crippen LogP contribution in [0.15, 0.2) is 24.3 Å². The largest absolute Gasteiger partial charge is 0.375 e. The van der Waals surface area contributed by atoms with Gasteiger partial charge in [0, 0.05) is 7.11 Å². The summed E-state index contributed by atoms with van der Waals surface area (Å²) in [4.78, 5) is 27.0. The van der Waals surface area contributed by atoms with Gasteiger partial charge < -0.3 is 20.4 Å². The fourth-order valence-electron chi connectivity index (χ4n) is 1.95. The zero-order valence-corrected chi connectivity index (χ0v) is 11.1. The lowest BCUT2D eigenvalue weighted by molar-refractivity contribution is -0.124. The average Bonchev–Trinajstić information content (AvgIpc) is 2.75. The van der Waals surface area contributed by atoms with Gasteiger partial charge in [0.2, 0.25) is 11.8 Å². The smallest absolute Gasteiger partial charge is 0.246 e. The first-order valence-electron chi connectivity index (χ1n) is 6.10. The van der Waals surface area contributed by atoms with Gasteiger partial charge in [-0.25, -0.2) is 4.98 Å². The molecule has 0 bridgehead atoms. The Labute approximate surface area is 115 Å². The highest BCUT2D eigenvalue weighted by Gasteiger charge is 2.12. The molecule has 1 aromatic heterocycles. The van der Waals surface area contributed by atoms with Gasteiger partial charge in [-0.1, -0.05) is 12.1 Å². The van der Waals surface area contributed by atoms with Crippen LogP contribution in [0, 0.1) is 0 Å². The molecule has 2 rings (SSSR count). The van der Waals surface area contributed by atoms with Crippen LogP contribution in [0.4, 0.5) is 0 Å². The van der Waals surface area contributed by atoms with Gasteiger partial charge in [-0.15, -0.1) is 0 Å². The molecule has 0 atom stereocenters. The van der Waals surface area contributed by atoms with E-state index in [2.05, 4.69) is 10.3 Å². The molecule has 0 saturated carbocycles. The first-order chi connectivity index (χ1) is 9.61. The van der Waals surface area contributed by atoms with Gasteiger partial charge in [0.15, 0.2) is 0 Å². The highest BCUT2D eigenvalue weighted by molar-refractivity contribution is 5.80. The number of carbonyl (C=O) groups is 2. The summed E-state index contributed by atoms with van der Waals surface area (Å²) in [5.41, 5.74) is 6.81. The summed E-state index contributed by atoms with van der Waals surface area (Å²) >= 11 is 0. The standard InChI is InChI=1S/C13H16N4O3/c1-20-8-13(19)15-6-12-16-9-4-2-3-5-10(9)17(12)7-11(14)18/h2-5H,6-8H2,1H3,(H2,14,18)(H,15,19). The number of methoxy groups -OCH3 is 1. The molecule has 0 aliphatic carbocycles. The minimum absolute atomic E-state index is 0.0178. The van der Waals surface area contributed by atoms with E-state index in [1.807, 2.05) is 24.3 Å². The highest BCUT2D eigenvalue weighted by Crippen LogP contribution is 2.15. The predicted molar refractivity (Wildman–Crippen MR) is 72.7 cm³/mol. The van der Waals surface area contributed by atoms with E-state index < -0.39 is 5.91 Å². The SMILES string of the molecule is COCC(=O)NCc1nc2ccccc2n1CC(N)=O. The summed E-state index contributed by atoms with van der Waals surface area (Å²) in [7, 11) is 1.45. The van der Waals surface area contributed by atoms with Gasteiger partial charge in [-0.3, -0.25) is 9.59 Å². The molecule has 20 heavy (non-hydrogen) atoms. The third-order valence-corrected chi connectivity index (χ3v) is 2.77. The molecule has 106 valence electrons. The van der Waals surface area contributed by atoms with Crippen LogP contribution in [0.3, 0.4) is 0 Å². The second-order valence-corrected chi connectivity index (χ2v) is 4.28. The Morgan fingerprint density at radius 3 is 2.85 bits per heavy atom. The second-order valence-electron chi connectivity index (χ2n) is 4.28. The summed E-state index contributed by atoms with van der Waals surface area (Å²) < 4.78 is 6.43. The Hall–Kier alpha value is -2.41. The number of rotatable bonds is 6. The first kappa shape index (κ1) is 14.0. The summed E-state index contributed by atoms with van der Waals surface area (Å²) in [6.07, 6.45) is 0. The van der Waals surface area contributed by atoms with Crippen molar-refractivity contribution in [2.75, 3.05) is 13.7 Å². The van der Waals surface area contributed by atoms with E-state index in [4.69, 9.17) is 10.5 Å². The van der Waals surface area contributed by atoms with Gasteiger partial charge >= 0.3 is 0 Å². The van der Waals surface area contributed by atoms with Crippen LogP contribution in [-0.2, 0) is 27.4 Å². The Balaban J connectivity index is 2.26. The molecule has 7 heteroatoms. The zero-order chi connectivity index (χ0) is 14.5. The molecular weight excluding hydrogens is 260 g/mol. The van der Waals surface area contributed by atoms with Crippen molar-refractivity contribution in [2.45, 2.75) is 13.1 Å². The van der Waals surface area contributed by atoms with Gasteiger partial charge in [0.1, 0.15) is 19.0 Å². The van der Waals surface area contributed by atoms with Gasteiger partial charge in [0.05, 0.1) is 17.6 Å². The number of hydrogen-bond acceptors (Lipinski definition) is 4. The Bertz CT molecular complexity index is 636. The lowest BCUT2D eigenvalue weighted by atomic mass is 10.3. The molecule has 7 nitrogen and oxygen atoms in total. The fraction of sp³-hybridized carbons (Fsp3) is 0.308. The maximum absolute atomic E-state index is 11.4. The molecule has 2 aromatic rings. The third kappa shape index (κ3) is 3.12. The van der Waals surface area contributed by atoms with E-state index in [-0.39, 0.29) is 25.6 Å². The third-order valence-electron chi connectivity index (χ3n) is 2.77. The number of amides is 2. The van der Waals surface area contributed by atoms with Crippen molar-refractivity contribution in [3.63, 3.8) is 0 Å². The van der Waals surface area contributed by atoms with E-state index in [0.717, 1.165) is 11.0 Å². The van der Waals surface area contributed by atoms with Crippen LogP contribution in [0.5, 0.6) is 0 Å². The fourth-order valence-corrected chi connectivity index (χ4v) is 1.95. The van der Waals surface area contributed by atoms with E-state index in [1.54, 1.807) is 4.57 Å². The predicted octanol–water partition coefficient (Wildman–Crippen LogP) is -0.216. The number of ether oxygens (including phenoxy) is 1. The quantitative estimate of drug-likeness (QED) is 0.762. The maximum atomic E-state index is 11.4. The van der Waals surface area contributed by atoms with Crippen molar-refractivity contribution in [1.29, 1.82) is 0 Å². The number of nitrogens with one attached hydrogen (secondary N) is 1. The number of nitrogens with zero attached hydrogens (tertiary/aromatic N) is 2. The number of benzene rings is 1. The van der Waals surface area contributed by atoms with Crippen molar-refractivity contribution in [2.24, 2.45) is 5.73 Å². The Morgan fingerprint density at radius 2 is 2.15 bits per heavy atom. The molecule has 0 unspecified atom stereocenters. The van der Waals surface area contributed by atoms with Crippen LogP contribution in [0.1, 0.15) is 5.82 Å². The first-order valence-corrected chi connectivity index (χ1v) is 6.10. The number of para-hydroxylation sites is 2. The Kier molecular flexibility index (Phi) is 4.31. The Morgan fingerprint density at radius 1 is 1.40 bits per heavy atom. The minimum atomic E-state index is -0.461. The van der Waals surface area contributed by atoms with E-state index in [9.17, 15) is 9.59 Å².